The highest BCUT2D eigenvalue weighted by Crippen LogP contribution is 2.27. The first-order valence-electron chi connectivity index (χ1n) is 9.81. The Hall–Kier alpha value is -2.28. The van der Waals surface area contributed by atoms with E-state index in [2.05, 4.69) is 19.8 Å². The van der Waals surface area contributed by atoms with Crippen LogP contribution in [0.1, 0.15) is 40.0 Å². The van der Waals surface area contributed by atoms with Crippen molar-refractivity contribution in [2.45, 2.75) is 51.7 Å². The van der Waals surface area contributed by atoms with Gasteiger partial charge >= 0.3 is 5.97 Å². The normalized spacial score (nSPS) is 18.4. The third kappa shape index (κ3) is 4.95. The fourth-order valence-corrected chi connectivity index (χ4v) is 3.73. The van der Waals surface area contributed by atoms with Gasteiger partial charge in [0.1, 0.15) is 29.1 Å². The van der Waals surface area contributed by atoms with E-state index in [1.807, 2.05) is 33.9 Å². The Kier molecular flexibility index (Phi) is 6.13. The van der Waals surface area contributed by atoms with Crippen molar-refractivity contribution >= 4 is 22.7 Å². The molecule has 1 aliphatic heterocycles. The Balaban J connectivity index is 1.67. The average Bonchev–Trinajstić information content (AvgIpc) is 2.86. The van der Waals surface area contributed by atoms with E-state index in [4.69, 9.17) is 4.74 Å². The lowest BCUT2D eigenvalue weighted by Gasteiger charge is -2.28. The lowest BCUT2D eigenvalue weighted by molar-refractivity contribution is -0.156. The van der Waals surface area contributed by atoms with Crippen LogP contribution in [0.25, 0.3) is 10.9 Å². The minimum absolute atomic E-state index is 0.201. The Morgan fingerprint density at radius 2 is 2.07 bits per heavy atom. The number of hydrogen-bond donors (Lipinski definition) is 0. The van der Waals surface area contributed by atoms with Crippen molar-refractivity contribution in [3.63, 3.8) is 0 Å². The van der Waals surface area contributed by atoms with E-state index in [1.165, 1.54) is 12.4 Å². The summed E-state index contributed by atoms with van der Waals surface area (Å²) in [5.74, 6) is 0.249. The topological polar surface area (TPSA) is 58.6 Å². The average molecular weight is 388 g/mol. The highest BCUT2D eigenvalue weighted by atomic mass is 19.1. The second kappa shape index (κ2) is 8.39. The molecule has 0 aliphatic carbocycles. The molecule has 0 amide bonds. The van der Waals surface area contributed by atoms with Gasteiger partial charge in [-0.15, -0.1) is 0 Å². The fraction of sp³-hybridized carbons (Fsp3) is 0.571. The number of fused-ring (bicyclic) bond motifs is 1. The van der Waals surface area contributed by atoms with Crippen LogP contribution in [0, 0.1) is 5.82 Å². The molecular formula is C21H29FN4O2. The summed E-state index contributed by atoms with van der Waals surface area (Å²) in [7, 11) is 1.97. The van der Waals surface area contributed by atoms with E-state index < -0.39 is 5.60 Å². The second-order valence-corrected chi connectivity index (χ2v) is 8.41. The number of ether oxygens (including phenoxy) is 1. The zero-order valence-electron chi connectivity index (χ0n) is 17.1. The quantitative estimate of drug-likeness (QED) is 0.748. The summed E-state index contributed by atoms with van der Waals surface area (Å²) in [5, 5.41) is 0.739. The van der Waals surface area contributed by atoms with Crippen molar-refractivity contribution in [2.24, 2.45) is 0 Å². The Bertz CT molecular complexity index is 837. The molecule has 1 unspecified atom stereocenters. The largest absolute Gasteiger partial charge is 0.459 e. The van der Waals surface area contributed by atoms with Gasteiger partial charge in [0.2, 0.25) is 0 Å². The number of para-hydroxylation sites is 1. The van der Waals surface area contributed by atoms with Crippen molar-refractivity contribution in [3.8, 4) is 0 Å². The monoisotopic (exact) mass is 388 g/mol. The van der Waals surface area contributed by atoms with Gasteiger partial charge in [0.15, 0.2) is 0 Å². The standard InChI is InChI=1S/C21H29FN4O2/c1-21(2,3)28-18(27)13-25(4)15-7-6-11-26(12-10-15)20-16-8-5-9-17(22)19(16)23-14-24-20/h5,8-9,14-15H,6-7,10-13H2,1-4H3. The minimum atomic E-state index is -0.471. The summed E-state index contributed by atoms with van der Waals surface area (Å²) in [4.78, 5) is 24.9. The van der Waals surface area contributed by atoms with Gasteiger partial charge in [0.25, 0.3) is 0 Å². The first-order chi connectivity index (χ1) is 13.2. The molecule has 1 atom stereocenters. The van der Waals surface area contributed by atoms with Crippen molar-refractivity contribution in [2.75, 3.05) is 31.6 Å². The molecule has 6 nitrogen and oxygen atoms in total. The molecule has 0 saturated carbocycles. The number of esters is 1. The summed E-state index contributed by atoms with van der Waals surface area (Å²) < 4.78 is 19.5. The molecule has 0 bridgehead atoms. The number of carbonyl (C=O) groups excluding carboxylic acids is 1. The number of hydrogen-bond acceptors (Lipinski definition) is 6. The lowest BCUT2D eigenvalue weighted by atomic mass is 10.1. The van der Waals surface area contributed by atoms with Gasteiger partial charge < -0.3 is 9.64 Å². The predicted octanol–water partition coefficient (Wildman–Crippen LogP) is 3.40. The van der Waals surface area contributed by atoms with Crippen LogP contribution in [0.3, 0.4) is 0 Å². The van der Waals surface area contributed by atoms with E-state index in [0.717, 1.165) is 43.6 Å². The third-order valence-electron chi connectivity index (χ3n) is 5.01. The van der Waals surface area contributed by atoms with Gasteiger partial charge in [-0.25, -0.2) is 14.4 Å². The van der Waals surface area contributed by atoms with Crippen molar-refractivity contribution < 1.29 is 13.9 Å². The summed E-state index contributed by atoms with van der Waals surface area (Å²) in [6.45, 7) is 7.56. The van der Waals surface area contributed by atoms with Gasteiger partial charge in [-0.05, 0) is 59.2 Å². The zero-order chi connectivity index (χ0) is 20.3. The van der Waals surface area contributed by atoms with Gasteiger partial charge in [-0.1, -0.05) is 6.07 Å². The summed E-state index contributed by atoms with van der Waals surface area (Å²) in [5.41, 5.74) is -0.114. The maximum atomic E-state index is 14.1. The summed E-state index contributed by atoms with van der Waals surface area (Å²) in [6, 6.07) is 5.27. The highest BCUT2D eigenvalue weighted by molar-refractivity contribution is 5.89. The Labute approximate surface area is 165 Å². The third-order valence-corrected chi connectivity index (χ3v) is 5.01. The zero-order valence-corrected chi connectivity index (χ0v) is 17.1. The van der Waals surface area contributed by atoms with Crippen LogP contribution in [-0.4, -0.2) is 59.2 Å². The number of nitrogens with zero attached hydrogens (tertiary/aromatic N) is 4. The Morgan fingerprint density at radius 3 is 2.82 bits per heavy atom. The van der Waals surface area contributed by atoms with E-state index in [0.29, 0.717) is 11.6 Å². The molecule has 1 fully saturated rings. The first-order valence-corrected chi connectivity index (χ1v) is 9.81. The molecule has 2 heterocycles. The Morgan fingerprint density at radius 1 is 1.29 bits per heavy atom. The lowest BCUT2D eigenvalue weighted by Crippen LogP contribution is -2.39. The van der Waals surface area contributed by atoms with Crippen LogP contribution in [0.2, 0.25) is 0 Å². The summed E-state index contributed by atoms with van der Waals surface area (Å²) in [6.07, 6.45) is 4.30. The van der Waals surface area contributed by atoms with Crippen LogP contribution >= 0.6 is 0 Å². The van der Waals surface area contributed by atoms with Crippen molar-refractivity contribution in [1.29, 1.82) is 0 Å². The number of halogens is 1. The molecule has 0 radical (unpaired) electrons. The summed E-state index contributed by atoms with van der Waals surface area (Å²) >= 11 is 0. The molecule has 7 heteroatoms. The van der Waals surface area contributed by atoms with Crippen LogP contribution in [-0.2, 0) is 9.53 Å². The van der Waals surface area contributed by atoms with Crippen LogP contribution in [0.5, 0.6) is 0 Å². The van der Waals surface area contributed by atoms with E-state index in [-0.39, 0.29) is 18.3 Å². The predicted molar refractivity (Wildman–Crippen MR) is 108 cm³/mol. The SMILES string of the molecule is CN(CC(=O)OC(C)(C)C)C1CCCN(c2ncnc3c(F)cccc23)CC1. The van der Waals surface area contributed by atoms with Crippen LogP contribution in [0.15, 0.2) is 24.5 Å². The smallest absolute Gasteiger partial charge is 0.320 e. The molecule has 3 rings (SSSR count). The van der Waals surface area contributed by atoms with E-state index in [9.17, 15) is 9.18 Å². The molecular weight excluding hydrogens is 359 g/mol. The molecule has 1 saturated heterocycles. The maximum absolute atomic E-state index is 14.1. The molecule has 1 aromatic heterocycles. The van der Waals surface area contributed by atoms with E-state index in [1.54, 1.807) is 6.07 Å². The molecule has 1 aliphatic rings. The number of aromatic nitrogens is 2. The van der Waals surface area contributed by atoms with E-state index >= 15 is 0 Å². The first kappa shape index (κ1) is 20.5. The maximum Gasteiger partial charge on any atom is 0.320 e. The molecule has 0 spiro atoms. The number of rotatable bonds is 4. The van der Waals surface area contributed by atoms with Gasteiger partial charge in [-0.2, -0.15) is 0 Å². The number of anilines is 1. The number of benzene rings is 1. The molecule has 1 aromatic carbocycles. The minimum Gasteiger partial charge on any atom is -0.459 e. The van der Waals surface area contributed by atoms with Crippen LogP contribution in [0.4, 0.5) is 10.2 Å². The van der Waals surface area contributed by atoms with Crippen molar-refractivity contribution in [1.82, 2.24) is 14.9 Å². The van der Waals surface area contributed by atoms with Gasteiger partial charge in [0.05, 0.1) is 6.54 Å². The second-order valence-electron chi connectivity index (χ2n) is 8.41. The highest BCUT2D eigenvalue weighted by Gasteiger charge is 2.25. The number of carbonyl (C=O) groups is 1. The molecule has 2 aromatic rings. The molecule has 152 valence electrons. The van der Waals surface area contributed by atoms with Gasteiger partial charge in [-0.3, -0.25) is 9.69 Å². The molecule has 0 N–H and O–H groups in total. The van der Waals surface area contributed by atoms with Crippen molar-refractivity contribution in [3.05, 3.63) is 30.3 Å². The fourth-order valence-electron chi connectivity index (χ4n) is 3.73. The van der Waals surface area contributed by atoms with Crippen LogP contribution < -0.4 is 4.90 Å². The number of likely N-dealkylation sites (N-methyl/N-ethyl adjacent to an activating group) is 1. The molecule has 28 heavy (non-hydrogen) atoms. The van der Waals surface area contributed by atoms with Gasteiger partial charge in [0, 0.05) is 24.5 Å².